The van der Waals surface area contributed by atoms with Crippen molar-refractivity contribution in [1.82, 2.24) is 5.32 Å². The van der Waals surface area contributed by atoms with Crippen LogP contribution in [0.25, 0.3) is 0 Å². The molecule has 0 saturated carbocycles. The summed E-state index contributed by atoms with van der Waals surface area (Å²) in [6.45, 7) is 0. The van der Waals surface area contributed by atoms with E-state index in [2.05, 4.69) is 5.32 Å². The monoisotopic (exact) mass is 126 g/mol. The summed E-state index contributed by atoms with van der Waals surface area (Å²) in [4.78, 5) is 0. The van der Waals surface area contributed by atoms with E-state index in [9.17, 15) is 0 Å². The summed E-state index contributed by atoms with van der Waals surface area (Å²) in [6, 6.07) is 0. The van der Waals surface area contributed by atoms with Crippen LogP contribution in [0.4, 0.5) is 0 Å². The van der Waals surface area contributed by atoms with Gasteiger partial charge in [-0.05, 0) is 12.2 Å². The Kier molecular flexibility index (Phi) is 3.23. The molecule has 1 aliphatic rings. The highest BCUT2D eigenvalue weighted by atomic mass is 16.0. The largest absolute Gasteiger partial charge is 0.412 e. The summed E-state index contributed by atoms with van der Waals surface area (Å²) in [6.07, 6.45) is 9.15. The van der Waals surface area contributed by atoms with Crippen LogP contribution in [-0.2, 0) is 0 Å². The minimum absolute atomic E-state index is 0. The highest BCUT2D eigenvalue weighted by Gasteiger charge is 1.80. The molecule has 9 heavy (non-hydrogen) atoms. The Balaban J connectivity index is 0.000000640. The first-order valence-corrected chi connectivity index (χ1v) is 2.44. The molecule has 1 heterocycles. The fraction of sp³-hybridized carbons (Fsp3) is 0. The van der Waals surface area contributed by atoms with Crippen LogP contribution < -0.4 is 11.1 Å². The molecule has 0 aromatic rings. The maximum absolute atomic E-state index is 5.41. The van der Waals surface area contributed by atoms with Gasteiger partial charge in [0, 0.05) is 18.1 Å². The minimum Gasteiger partial charge on any atom is -0.412 e. The molecule has 3 nitrogen and oxygen atoms in total. The Morgan fingerprint density at radius 2 is 2.11 bits per heavy atom. The first-order valence-electron chi connectivity index (χ1n) is 2.44. The number of nitrogens with one attached hydrogen (secondary N) is 1. The SMILES string of the molecule is NC1=CNC=CC=C1.O. The molecule has 0 aromatic carbocycles. The average Bonchev–Trinajstić information content (AvgIpc) is 1.94. The van der Waals surface area contributed by atoms with Crippen molar-refractivity contribution in [1.29, 1.82) is 0 Å². The second kappa shape index (κ2) is 3.74. The van der Waals surface area contributed by atoms with Crippen LogP contribution in [-0.4, -0.2) is 5.48 Å². The van der Waals surface area contributed by atoms with Crippen LogP contribution in [0.5, 0.6) is 0 Å². The van der Waals surface area contributed by atoms with Crippen molar-refractivity contribution in [3.63, 3.8) is 0 Å². The predicted molar refractivity (Wildman–Crippen MR) is 37.3 cm³/mol. The third-order valence-corrected chi connectivity index (χ3v) is 0.842. The summed E-state index contributed by atoms with van der Waals surface area (Å²) < 4.78 is 0. The fourth-order valence-electron chi connectivity index (χ4n) is 0.470. The molecule has 0 aliphatic carbocycles. The van der Waals surface area contributed by atoms with Crippen molar-refractivity contribution in [3.05, 3.63) is 36.3 Å². The summed E-state index contributed by atoms with van der Waals surface area (Å²) in [5.74, 6) is 0. The minimum atomic E-state index is 0. The van der Waals surface area contributed by atoms with Crippen LogP contribution in [0, 0.1) is 0 Å². The topological polar surface area (TPSA) is 69.5 Å². The molecule has 50 valence electrons. The van der Waals surface area contributed by atoms with Gasteiger partial charge in [-0.3, -0.25) is 0 Å². The number of hydrogen-bond acceptors (Lipinski definition) is 2. The molecular weight excluding hydrogens is 116 g/mol. The Morgan fingerprint density at radius 3 is 2.89 bits per heavy atom. The normalized spacial score (nSPS) is 14.9. The number of allylic oxidation sites excluding steroid dienone is 3. The van der Waals surface area contributed by atoms with Crippen molar-refractivity contribution in [2.75, 3.05) is 0 Å². The molecule has 3 heteroatoms. The molecule has 1 rings (SSSR count). The summed E-state index contributed by atoms with van der Waals surface area (Å²) >= 11 is 0. The molecule has 0 atom stereocenters. The molecule has 0 bridgehead atoms. The van der Waals surface area contributed by atoms with Gasteiger partial charge in [-0.15, -0.1) is 0 Å². The van der Waals surface area contributed by atoms with Gasteiger partial charge in [0.1, 0.15) is 0 Å². The quantitative estimate of drug-likeness (QED) is 0.465. The second-order valence-electron chi connectivity index (χ2n) is 1.53. The Bertz CT molecular complexity index is 156. The van der Waals surface area contributed by atoms with Crippen LogP contribution in [0.15, 0.2) is 36.3 Å². The van der Waals surface area contributed by atoms with Gasteiger partial charge in [0.15, 0.2) is 0 Å². The Hall–Kier alpha value is -1.22. The van der Waals surface area contributed by atoms with E-state index in [1.54, 1.807) is 6.20 Å². The van der Waals surface area contributed by atoms with Crippen molar-refractivity contribution in [3.8, 4) is 0 Å². The van der Waals surface area contributed by atoms with Crippen LogP contribution >= 0.6 is 0 Å². The highest BCUT2D eigenvalue weighted by molar-refractivity contribution is 5.21. The first kappa shape index (κ1) is 7.78. The van der Waals surface area contributed by atoms with E-state index in [1.165, 1.54) is 0 Å². The number of nitrogens with two attached hydrogens (primary N) is 1. The maximum Gasteiger partial charge on any atom is 0.0476 e. The zero-order valence-electron chi connectivity index (χ0n) is 4.96. The zero-order chi connectivity index (χ0) is 5.82. The third-order valence-electron chi connectivity index (χ3n) is 0.842. The van der Waals surface area contributed by atoms with E-state index < -0.39 is 0 Å². The van der Waals surface area contributed by atoms with Crippen LogP contribution in [0.1, 0.15) is 0 Å². The number of hydrogen-bond donors (Lipinski definition) is 2. The smallest absolute Gasteiger partial charge is 0.0476 e. The molecule has 0 radical (unpaired) electrons. The van der Waals surface area contributed by atoms with Gasteiger partial charge in [0.25, 0.3) is 0 Å². The molecule has 0 amide bonds. The molecule has 0 aromatic heterocycles. The van der Waals surface area contributed by atoms with Crippen molar-refractivity contribution in [2.45, 2.75) is 0 Å². The molecule has 0 fully saturated rings. The Labute approximate surface area is 53.9 Å². The highest BCUT2D eigenvalue weighted by Crippen LogP contribution is 1.88. The van der Waals surface area contributed by atoms with Crippen LogP contribution in [0.2, 0.25) is 0 Å². The van der Waals surface area contributed by atoms with Gasteiger partial charge in [-0.25, -0.2) is 0 Å². The van der Waals surface area contributed by atoms with Gasteiger partial charge in [0.05, 0.1) is 0 Å². The fourth-order valence-corrected chi connectivity index (χ4v) is 0.470. The summed E-state index contributed by atoms with van der Waals surface area (Å²) in [5, 5.41) is 2.87. The van der Waals surface area contributed by atoms with E-state index in [0.717, 1.165) is 5.70 Å². The maximum atomic E-state index is 5.41. The second-order valence-corrected chi connectivity index (χ2v) is 1.53. The third kappa shape index (κ3) is 2.56. The van der Waals surface area contributed by atoms with E-state index in [1.807, 2.05) is 24.4 Å². The molecular formula is C6H10N2O. The lowest BCUT2D eigenvalue weighted by atomic mass is 10.4. The molecule has 5 N–H and O–H groups in total. The lowest BCUT2D eigenvalue weighted by molar-refractivity contribution is 0.824. The summed E-state index contributed by atoms with van der Waals surface area (Å²) in [7, 11) is 0. The molecule has 0 unspecified atom stereocenters. The lowest BCUT2D eigenvalue weighted by Crippen LogP contribution is -1.98. The standard InChI is InChI=1S/C6H8N2.H2O/c7-6-3-1-2-4-8-5-6;/h1-5,8H,7H2;1H2. The van der Waals surface area contributed by atoms with Gasteiger partial charge in [-0.2, -0.15) is 0 Å². The van der Waals surface area contributed by atoms with Gasteiger partial charge >= 0.3 is 0 Å². The van der Waals surface area contributed by atoms with Gasteiger partial charge < -0.3 is 16.5 Å². The van der Waals surface area contributed by atoms with Crippen LogP contribution in [0.3, 0.4) is 0 Å². The van der Waals surface area contributed by atoms with Gasteiger partial charge in [0.2, 0.25) is 0 Å². The first-order chi connectivity index (χ1) is 3.89. The van der Waals surface area contributed by atoms with E-state index >= 15 is 0 Å². The lowest BCUT2D eigenvalue weighted by Gasteiger charge is -1.87. The average molecular weight is 126 g/mol. The number of rotatable bonds is 0. The van der Waals surface area contributed by atoms with E-state index in [0.29, 0.717) is 0 Å². The predicted octanol–water partition coefficient (Wildman–Crippen LogP) is -0.365. The molecule has 1 aliphatic heterocycles. The van der Waals surface area contributed by atoms with Crippen molar-refractivity contribution < 1.29 is 5.48 Å². The van der Waals surface area contributed by atoms with Gasteiger partial charge in [-0.1, -0.05) is 6.08 Å². The van der Waals surface area contributed by atoms with E-state index in [-0.39, 0.29) is 5.48 Å². The molecule has 0 saturated heterocycles. The van der Waals surface area contributed by atoms with Crippen molar-refractivity contribution >= 4 is 0 Å². The van der Waals surface area contributed by atoms with Crippen molar-refractivity contribution in [2.24, 2.45) is 5.73 Å². The Morgan fingerprint density at radius 1 is 1.33 bits per heavy atom. The van der Waals surface area contributed by atoms with E-state index in [4.69, 9.17) is 5.73 Å². The summed E-state index contributed by atoms with van der Waals surface area (Å²) in [5.41, 5.74) is 6.15. The zero-order valence-corrected chi connectivity index (χ0v) is 4.96. The molecule has 0 spiro atoms.